The van der Waals surface area contributed by atoms with Crippen molar-refractivity contribution in [2.75, 3.05) is 0 Å². The highest BCUT2D eigenvalue weighted by Crippen LogP contribution is 2.01. The summed E-state index contributed by atoms with van der Waals surface area (Å²) in [5.74, 6) is 12.0. The number of aromatic nitrogens is 2. The summed E-state index contributed by atoms with van der Waals surface area (Å²) in [5, 5.41) is 0. The Hall–Kier alpha value is -2.96. The molecule has 0 aliphatic heterocycles. The molecule has 18 heavy (non-hydrogen) atoms. The smallest absolute Gasteiger partial charge is 0.151 e. The number of hydrogen-bond acceptors (Lipinski definition) is 2. The summed E-state index contributed by atoms with van der Waals surface area (Å²) in [4.78, 5) is 14.4. The minimum Gasteiger partial charge on any atom is -0.306 e. The molecular weight excluding hydrogens is 224 g/mol. The fraction of sp³-hybridized carbons (Fsp3) is 0.0667. The maximum Gasteiger partial charge on any atom is 0.151 e. The zero-order valence-electron chi connectivity index (χ0n) is 9.84. The van der Waals surface area contributed by atoms with Crippen LogP contribution < -0.4 is 0 Å². The number of hydrogen-bond donors (Lipinski definition) is 0. The van der Waals surface area contributed by atoms with Gasteiger partial charge >= 0.3 is 0 Å². The molecule has 0 atom stereocenters. The largest absolute Gasteiger partial charge is 0.306 e. The van der Waals surface area contributed by atoms with Gasteiger partial charge in [-0.15, -0.1) is 6.42 Å². The summed E-state index contributed by atoms with van der Waals surface area (Å²) in [6.07, 6.45) is 10.8. The SMILES string of the molecule is C#CC#CC#CC.O=Cc1ccc2nccn2c1. The molecule has 3 heteroatoms. The Morgan fingerprint density at radius 1 is 1.33 bits per heavy atom. The number of nitrogens with zero attached hydrogens (tertiary/aromatic N) is 2. The van der Waals surface area contributed by atoms with Crippen LogP contribution in [-0.2, 0) is 0 Å². The van der Waals surface area contributed by atoms with Crippen molar-refractivity contribution in [3.8, 4) is 36.0 Å². The van der Waals surface area contributed by atoms with E-state index in [1.54, 1.807) is 25.4 Å². The number of imidazole rings is 1. The third-order valence-electron chi connectivity index (χ3n) is 1.87. The third-order valence-corrected chi connectivity index (χ3v) is 1.87. The van der Waals surface area contributed by atoms with E-state index in [1.807, 2.05) is 16.7 Å². The van der Waals surface area contributed by atoms with E-state index in [9.17, 15) is 4.79 Å². The first kappa shape index (κ1) is 13.1. The number of pyridine rings is 1. The molecule has 0 saturated carbocycles. The monoisotopic (exact) mass is 234 g/mol. The van der Waals surface area contributed by atoms with E-state index in [4.69, 9.17) is 6.42 Å². The summed E-state index contributed by atoms with van der Waals surface area (Å²) in [5.41, 5.74) is 1.52. The molecule has 0 bridgehead atoms. The van der Waals surface area contributed by atoms with Crippen LogP contribution in [-0.4, -0.2) is 15.7 Å². The molecule has 0 saturated heterocycles. The summed E-state index contributed by atoms with van der Waals surface area (Å²) in [6.45, 7) is 1.71. The highest BCUT2D eigenvalue weighted by molar-refractivity contribution is 5.74. The van der Waals surface area contributed by atoms with Crippen molar-refractivity contribution in [1.82, 2.24) is 9.38 Å². The Bertz CT molecular complexity index is 697. The predicted octanol–water partition coefficient (Wildman–Crippen LogP) is 1.79. The molecule has 0 N–H and O–H groups in total. The predicted molar refractivity (Wildman–Crippen MR) is 70.6 cm³/mol. The lowest BCUT2D eigenvalue weighted by atomic mass is 10.3. The van der Waals surface area contributed by atoms with Gasteiger partial charge in [0.25, 0.3) is 0 Å². The second kappa shape index (κ2) is 7.34. The van der Waals surface area contributed by atoms with Crippen LogP contribution in [0, 0.1) is 36.0 Å². The van der Waals surface area contributed by atoms with Crippen molar-refractivity contribution < 1.29 is 4.79 Å². The Kier molecular flexibility index (Phi) is 5.34. The average Bonchev–Trinajstić information content (AvgIpc) is 2.87. The number of carbonyl (C=O) groups is 1. The van der Waals surface area contributed by atoms with Crippen molar-refractivity contribution >= 4 is 11.9 Å². The van der Waals surface area contributed by atoms with Crippen molar-refractivity contribution in [3.63, 3.8) is 0 Å². The van der Waals surface area contributed by atoms with Crippen LogP contribution in [0.5, 0.6) is 0 Å². The summed E-state index contributed by atoms with van der Waals surface area (Å²) in [6, 6.07) is 3.55. The highest BCUT2D eigenvalue weighted by Gasteiger charge is 1.93. The molecule has 0 fully saturated rings. The summed E-state index contributed by atoms with van der Waals surface area (Å²) in [7, 11) is 0. The minimum atomic E-state index is 0.663. The fourth-order valence-corrected chi connectivity index (χ4v) is 1.14. The van der Waals surface area contributed by atoms with Crippen LogP contribution >= 0.6 is 0 Å². The van der Waals surface area contributed by atoms with Crippen LogP contribution in [0.2, 0.25) is 0 Å². The second-order valence-corrected chi connectivity index (χ2v) is 3.04. The lowest BCUT2D eigenvalue weighted by molar-refractivity contribution is 0.112. The lowest BCUT2D eigenvalue weighted by Gasteiger charge is -1.92. The van der Waals surface area contributed by atoms with Crippen molar-refractivity contribution in [2.45, 2.75) is 6.92 Å². The highest BCUT2D eigenvalue weighted by atomic mass is 16.1. The Balaban J connectivity index is 0.000000203. The number of terminal acetylenes is 1. The molecule has 0 aromatic carbocycles. The zero-order chi connectivity index (χ0) is 13.2. The van der Waals surface area contributed by atoms with Crippen LogP contribution in [0.3, 0.4) is 0 Å². The van der Waals surface area contributed by atoms with Crippen LogP contribution in [0.25, 0.3) is 5.65 Å². The van der Waals surface area contributed by atoms with E-state index in [2.05, 4.69) is 34.6 Å². The standard InChI is InChI=1S/C8H6N2O.C7H4/c11-6-7-1-2-8-9-3-4-10(8)5-7;1-3-5-7-6-4-2/h1-6H;1H,2H3. The minimum absolute atomic E-state index is 0.663. The molecule has 0 aliphatic carbocycles. The Labute approximate surface area is 106 Å². The van der Waals surface area contributed by atoms with Gasteiger partial charge in [-0.3, -0.25) is 4.79 Å². The van der Waals surface area contributed by atoms with Gasteiger partial charge in [0.2, 0.25) is 0 Å². The fourth-order valence-electron chi connectivity index (χ4n) is 1.14. The van der Waals surface area contributed by atoms with Crippen LogP contribution in [0.15, 0.2) is 30.7 Å². The maximum atomic E-state index is 10.3. The number of carbonyl (C=O) groups excluding carboxylic acids is 1. The summed E-state index contributed by atoms with van der Waals surface area (Å²) >= 11 is 0. The molecule has 0 amide bonds. The topological polar surface area (TPSA) is 34.4 Å². The molecule has 86 valence electrons. The Morgan fingerprint density at radius 2 is 2.17 bits per heavy atom. The van der Waals surface area contributed by atoms with Gasteiger partial charge in [-0.1, -0.05) is 5.92 Å². The third kappa shape index (κ3) is 3.89. The molecular formula is C15H10N2O. The number of aldehydes is 1. The quantitative estimate of drug-likeness (QED) is 0.557. The molecule has 3 nitrogen and oxygen atoms in total. The first-order valence-corrected chi connectivity index (χ1v) is 5.07. The molecule has 2 rings (SSSR count). The first-order valence-electron chi connectivity index (χ1n) is 5.07. The molecule has 0 unspecified atom stereocenters. The van der Waals surface area contributed by atoms with Gasteiger partial charge < -0.3 is 4.40 Å². The van der Waals surface area contributed by atoms with Gasteiger partial charge in [-0.2, -0.15) is 0 Å². The lowest BCUT2D eigenvalue weighted by Crippen LogP contribution is -1.86. The second-order valence-electron chi connectivity index (χ2n) is 3.04. The molecule has 0 radical (unpaired) electrons. The van der Waals surface area contributed by atoms with E-state index in [0.29, 0.717) is 5.56 Å². The van der Waals surface area contributed by atoms with Gasteiger partial charge in [0.15, 0.2) is 6.29 Å². The van der Waals surface area contributed by atoms with E-state index < -0.39 is 0 Å². The molecule has 0 spiro atoms. The number of fused-ring (bicyclic) bond motifs is 1. The van der Waals surface area contributed by atoms with Crippen molar-refractivity contribution in [1.29, 1.82) is 0 Å². The van der Waals surface area contributed by atoms with E-state index in [1.165, 1.54) is 0 Å². The van der Waals surface area contributed by atoms with E-state index >= 15 is 0 Å². The molecule has 2 heterocycles. The van der Waals surface area contributed by atoms with Crippen molar-refractivity contribution in [2.24, 2.45) is 0 Å². The van der Waals surface area contributed by atoms with Gasteiger partial charge in [0, 0.05) is 24.2 Å². The normalized spacial score (nSPS) is 7.56. The van der Waals surface area contributed by atoms with Gasteiger partial charge in [0.1, 0.15) is 5.65 Å². The van der Waals surface area contributed by atoms with Crippen molar-refractivity contribution in [3.05, 3.63) is 36.3 Å². The molecule has 2 aromatic heterocycles. The maximum absolute atomic E-state index is 10.3. The van der Waals surface area contributed by atoms with Gasteiger partial charge in [0.05, 0.1) is 0 Å². The van der Waals surface area contributed by atoms with Crippen LogP contribution in [0.4, 0.5) is 0 Å². The zero-order valence-corrected chi connectivity index (χ0v) is 9.84. The van der Waals surface area contributed by atoms with E-state index in [0.717, 1.165) is 11.9 Å². The Morgan fingerprint density at radius 3 is 2.83 bits per heavy atom. The van der Waals surface area contributed by atoms with Crippen LogP contribution in [0.1, 0.15) is 17.3 Å². The molecule has 2 aromatic rings. The first-order chi connectivity index (χ1) is 8.81. The average molecular weight is 234 g/mol. The van der Waals surface area contributed by atoms with E-state index in [-0.39, 0.29) is 0 Å². The van der Waals surface area contributed by atoms with Gasteiger partial charge in [-0.25, -0.2) is 4.98 Å². The molecule has 0 aliphatic rings. The number of rotatable bonds is 1. The van der Waals surface area contributed by atoms with Gasteiger partial charge in [-0.05, 0) is 42.7 Å². The summed E-state index contributed by atoms with van der Waals surface area (Å²) < 4.78 is 1.81.